The van der Waals surface area contributed by atoms with E-state index in [1.807, 2.05) is 13.8 Å². The maximum Gasteiger partial charge on any atom is 0.408 e. The van der Waals surface area contributed by atoms with Crippen LogP contribution >= 0.6 is 11.6 Å². The number of carbonyl (C=O) groups excluding carboxylic acids is 2. The van der Waals surface area contributed by atoms with E-state index >= 15 is 0 Å². The Balaban J connectivity index is 1.89. The molecule has 1 aromatic rings. The molecule has 0 bridgehead atoms. The highest BCUT2D eigenvalue weighted by atomic mass is 35.5. The molecule has 1 aliphatic rings. The van der Waals surface area contributed by atoms with Gasteiger partial charge in [0.15, 0.2) is 5.75 Å². The lowest BCUT2D eigenvalue weighted by Crippen LogP contribution is -2.54. The van der Waals surface area contributed by atoms with E-state index in [-0.39, 0.29) is 23.2 Å². The van der Waals surface area contributed by atoms with Crippen LogP contribution in [0.15, 0.2) is 12.4 Å². The number of nitrogens with zero attached hydrogens (tertiary/aromatic N) is 3. The molecule has 1 aliphatic heterocycles. The Morgan fingerprint density at radius 3 is 2.29 bits per heavy atom. The highest BCUT2D eigenvalue weighted by Crippen LogP contribution is 2.20. The summed E-state index contributed by atoms with van der Waals surface area (Å²) in [7, 11) is 0. The summed E-state index contributed by atoms with van der Waals surface area (Å²) in [5.41, 5.74) is -0.615. The van der Waals surface area contributed by atoms with Crippen LogP contribution in [0.5, 0.6) is 5.75 Å². The number of aromatic nitrogens is 2. The van der Waals surface area contributed by atoms with Crippen molar-refractivity contribution in [2.45, 2.75) is 65.2 Å². The molecule has 1 atom stereocenters. The molecule has 0 unspecified atom stereocenters. The van der Waals surface area contributed by atoms with E-state index in [1.165, 1.54) is 12.4 Å². The van der Waals surface area contributed by atoms with Crippen LogP contribution in [0.2, 0.25) is 5.28 Å². The first-order chi connectivity index (χ1) is 13.0. The third kappa shape index (κ3) is 6.82. The number of amides is 2. The Labute approximate surface area is 171 Å². The molecule has 1 N–H and O–H groups in total. The summed E-state index contributed by atoms with van der Waals surface area (Å²) in [4.78, 5) is 34.6. The fourth-order valence-corrected chi connectivity index (χ4v) is 2.99. The summed E-state index contributed by atoms with van der Waals surface area (Å²) >= 11 is 5.67. The van der Waals surface area contributed by atoms with Crippen LogP contribution in [-0.4, -0.2) is 57.7 Å². The van der Waals surface area contributed by atoms with Gasteiger partial charge in [0.25, 0.3) is 0 Å². The summed E-state index contributed by atoms with van der Waals surface area (Å²) in [6.07, 6.45) is 3.83. The van der Waals surface area contributed by atoms with Crippen molar-refractivity contribution in [2.75, 3.05) is 13.1 Å². The second-order valence-electron chi connectivity index (χ2n) is 8.20. The van der Waals surface area contributed by atoms with Gasteiger partial charge in [-0.1, -0.05) is 13.8 Å². The van der Waals surface area contributed by atoms with Gasteiger partial charge < -0.3 is 19.7 Å². The molecule has 8 nitrogen and oxygen atoms in total. The average molecular weight is 413 g/mol. The number of likely N-dealkylation sites (tertiary alicyclic amines) is 1. The molecule has 0 saturated carbocycles. The quantitative estimate of drug-likeness (QED) is 0.747. The summed E-state index contributed by atoms with van der Waals surface area (Å²) in [6.45, 7) is 10.3. The van der Waals surface area contributed by atoms with Crippen molar-refractivity contribution in [3.8, 4) is 5.75 Å². The summed E-state index contributed by atoms with van der Waals surface area (Å²) in [6, 6.07) is -0.628. The van der Waals surface area contributed by atoms with E-state index in [1.54, 1.807) is 25.7 Å². The van der Waals surface area contributed by atoms with Crippen LogP contribution in [0.1, 0.15) is 47.5 Å². The van der Waals surface area contributed by atoms with Gasteiger partial charge in [0.2, 0.25) is 11.2 Å². The standard InChI is InChI=1S/C19H29ClN4O4/c1-12(2)15(23-18(26)28-19(3,4)5)16(25)24-8-6-13(7-9-24)27-14-10-21-17(20)22-11-14/h10-13,15H,6-9H2,1-5H3,(H,23,26)/t15-/m0/s1. The van der Waals surface area contributed by atoms with E-state index < -0.39 is 17.7 Å². The van der Waals surface area contributed by atoms with Crippen molar-refractivity contribution in [3.63, 3.8) is 0 Å². The molecule has 2 rings (SSSR count). The maximum absolute atomic E-state index is 12.9. The minimum Gasteiger partial charge on any atom is -0.487 e. The van der Waals surface area contributed by atoms with Gasteiger partial charge in [-0.3, -0.25) is 4.79 Å². The number of alkyl carbamates (subject to hydrolysis) is 1. The fourth-order valence-electron chi connectivity index (χ4n) is 2.89. The molecule has 1 saturated heterocycles. The lowest BCUT2D eigenvalue weighted by Gasteiger charge is -2.35. The van der Waals surface area contributed by atoms with Crippen LogP contribution in [0.4, 0.5) is 4.79 Å². The largest absolute Gasteiger partial charge is 0.487 e. The van der Waals surface area contributed by atoms with E-state index in [4.69, 9.17) is 21.1 Å². The van der Waals surface area contributed by atoms with E-state index in [2.05, 4.69) is 15.3 Å². The number of rotatable bonds is 5. The Morgan fingerprint density at radius 2 is 1.79 bits per heavy atom. The molecule has 1 aromatic heterocycles. The third-order valence-corrected chi connectivity index (χ3v) is 4.45. The molecule has 9 heteroatoms. The van der Waals surface area contributed by atoms with Gasteiger partial charge in [0, 0.05) is 25.9 Å². The highest BCUT2D eigenvalue weighted by Gasteiger charge is 2.32. The van der Waals surface area contributed by atoms with Gasteiger partial charge in [-0.15, -0.1) is 0 Å². The molecule has 0 aromatic carbocycles. The van der Waals surface area contributed by atoms with Crippen molar-refractivity contribution >= 4 is 23.6 Å². The van der Waals surface area contributed by atoms with Crippen molar-refractivity contribution in [1.29, 1.82) is 0 Å². The first-order valence-corrected chi connectivity index (χ1v) is 9.85. The van der Waals surface area contributed by atoms with E-state index in [0.717, 1.165) is 0 Å². The topological polar surface area (TPSA) is 93.7 Å². The Morgan fingerprint density at radius 1 is 1.21 bits per heavy atom. The number of hydrogen-bond acceptors (Lipinski definition) is 6. The average Bonchev–Trinajstić information content (AvgIpc) is 2.60. The lowest BCUT2D eigenvalue weighted by atomic mass is 10.0. The number of hydrogen-bond donors (Lipinski definition) is 1. The van der Waals surface area contributed by atoms with E-state index in [9.17, 15) is 9.59 Å². The Kier molecular flexibility index (Phi) is 7.46. The Hall–Kier alpha value is -2.09. The van der Waals surface area contributed by atoms with Crippen molar-refractivity contribution in [3.05, 3.63) is 17.7 Å². The zero-order chi connectivity index (χ0) is 20.9. The number of nitrogens with one attached hydrogen (secondary N) is 1. The molecular formula is C19H29ClN4O4. The lowest BCUT2D eigenvalue weighted by molar-refractivity contribution is -0.136. The zero-order valence-corrected chi connectivity index (χ0v) is 17.8. The smallest absolute Gasteiger partial charge is 0.408 e. The fraction of sp³-hybridized carbons (Fsp3) is 0.684. The zero-order valence-electron chi connectivity index (χ0n) is 17.1. The SMILES string of the molecule is CC(C)[C@H](NC(=O)OC(C)(C)C)C(=O)N1CCC(Oc2cnc(Cl)nc2)CC1. The first-order valence-electron chi connectivity index (χ1n) is 9.47. The number of halogens is 1. The maximum atomic E-state index is 12.9. The van der Waals surface area contributed by atoms with Gasteiger partial charge in [-0.25, -0.2) is 14.8 Å². The molecule has 156 valence electrons. The molecule has 0 spiro atoms. The van der Waals surface area contributed by atoms with Gasteiger partial charge in [0.1, 0.15) is 17.7 Å². The van der Waals surface area contributed by atoms with Crippen LogP contribution in [-0.2, 0) is 9.53 Å². The number of carbonyl (C=O) groups is 2. The molecule has 28 heavy (non-hydrogen) atoms. The molecule has 2 amide bonds. The predicted octanol–water partition coefficient (Wildman–Crippen LogP) is 3.05. The second-order valence-corrected chi connectivity index (χ2v) is 8.54. The summed E-state index contributed by atoms with van der Waals surface area (Å²) in [5.74, 6) is 0.398. The van der Waals surface area contributed by atoms with Crippen LogP contribution in [0, 0.1) is 5.92 Å². The number of ether oxygens (including phenoxy) is 2. The summed E-state index contributed by atoms with van der Waals surface area (Å²) in [5, 5.41) is 2.89. The molecular weight excluding hydrogens is 384 g/mol. The number of piperidine rings is 1. The van der Waals surface area contributed by atoms with Crippen molar-refractivity contribution in [1.82, 2.24) is 20.2 Å². The highest BCUT2D eigenvalue weighted by molar-refractivity contribution is 6.28. The van der Waals surface area contributed by atoms with Crippen LogP contribution in [0.25, 0.3) is 0 Å². The predicted molar refractivity (Wildman–Crippen MR) is 105 cm³/mol. The molecule has 2 heterocycles. The molecule has 1 fully saturated rings. The molecule has 0 aliphatic carbocycles. The van der Waals surface area contributed by atoms with Crippen molar-refractivity contribution < 1.29 is 19.1 Å². The Bertz CT molecular complexity index is 668. The first kappa shape index (κ1) is 22.2. The van der Waals surface area contributed by atoms with Crippen LogP contribution in [0.3, 0.4) is 0 Å². The van der Waals surface area contributed by atoms with Crippen LogP contribution < -0.4 is 10.1 Å². The monoisotopic (exact) mass is 412 g/mol. The second kappa shape index (κ2) is 9.41. The van der Waals surface area contributed by atoms with Gasteiger partial charge in [-0.2, -0.15) is 0 Å². The normalized spacial score (nSPS) is 16.6. The van der Waals surface area contributed by atoms with Gasteiger partial charge in [0.05, 0.1) is 12.4 Å². The van der Waals surface area contributed by atoms with E-state index in [0.29, 0.717) is 31.7 Å². The van der Waals surface area contributed by atoms with Crippen molar-refractivity contribution in [2.24, 2.45) is 5.92 Å². The minimum absolute atomic E-state index is 0.0230. The minimum atomic E-state index is -0.628. The third-order valence-electron chi connectivity index (χ3n) is 4.26. The van der Waals surface area contributed by atoms with Gasteiger partial charge >= 0.3 is 6.09 Å². The summed E-state index contributed by atoms with van der Waals surface area (Å²) < 4.78 is 11.1. The molecule has 0 radical (unpaired) electrons. The van der Waals surface area contributed by atoms with Gasteiger partial charge in [-0.05, 0) is 38.3 Å².